The monoisotopic (exact) mass is 411 g/mol. The van der Waals surface area contributed by atoms with Crippen molar-refractivity contribution in [3.63, 3.8) is 0 Å². The van der Waals surface area contributed by atoms with Gasteiger partial charge in [-0.3, -0.25) is 14.2 Å². The molecule has 2 heterocycles. The topological polar surface area (TPSA) is 64.0 Å². The fourth-order valence-corrected chi connectivity index (χ4v) is 4.67. The van der Waals surface area contributed by atoms with Crippen LogP contribution >= 0.6 is 23.1 Å². The third kappa shape index (κ3) is 4.26. The first-order valence-corrected chi connectivity index (χ1v) is 10.5. The summed E-state index contributed by atoms with van der Waals surface area (Å²) in [4.78, 5) is 31.6. The van der Waals surface area contributed by atoms with Crippen molar-refractivity contribution < 1.29 is 4.79 Å². The van der Waals surface area contributed by atoms with Crippen molar-refractivity contribution in [1.82, 2.24) is 14.9 Å². The number of carbonyl (C=O) groups is 1. The van der Waals surface area contributed by atoms with Crippen LogP contribution in [0.1, 0.15) is 6.92 Å². The number of hydrogen-bond acceptors (Lipinski definition) is 5. The van der Waals surface area contributed by atoms with Crippen LogP contribution < -0.4 is 10.9 Å². The summed E-state index contributed by atoms with van der Waals surface area (Å²) in [7, 11) is 0. The summed E-state index contributed by atoms with van der Waals surface area (Å²) in [6.07, 6.45) is 3.29. The summed E-state index contributed by atoms with van der Waals surface area (Å²) in [6, 6.07) is 11.8. The molecule has 1 atom stereocenters. The number of fused-ring (bicyclic) bond motifs is 1. The molecule has 28 heavy (non-hydrogen) atoms. The Hall–Kier alpha value is -2.64. The van der Waals surface area contributed by atoms with Gasteiger partial charge in [-0.15, -0.1) is 24.5 Å². The minimum atomic E-state index is -0.395. The predicted molar refractivity (Wildman–Crippen MR) is 118 cm³/mol. The summed E-state index contributed by atoms with van der Waals surface area (Å²) in [5, 5.41) is 3.47. The highest BCUT2D eigenvalue weighted by molar-refractivity contribution is 8.00. The maximum atomic E-state index is 13.1. The van der Waals surface area contributed by atoms with Gasteiger partial charge in [0.1, 0.15) is 4.83 Å². The fourth-order valence-electron chi connectivity index (χ4n) is 2.65. The smallest absolute Gasteiger partial charge is 0.263 e. The molecule has 1 aromatic carbocycles. The van der Waals surface area contributed by atoms with Gasteiger partial charge in [0.2, 0.25) is 5.91 Å². The molecule has 3 rings (SSSR count). The minimum absolute atomic E-state index is 0.121. The largest absolute Gasteiger partial charge is 0.352 e. The SMILES string of the molecule is C=CCNC(=O)[C@H](C)Sc1nc2sc(-c3ccccc3)cc2c(=O)n1CC=C. The number of allylic oxidation sites excluding steroid dienone is 1. The zero-order valence-corrected chi connectivity index (χ0v) is 17.2. The summed E-state index contributed by atoms with van der Waals surface area (Å²) in [6.45, 7) is 9.87. The third-order valence-corrected chi connectivity index (χ3v) is 6.23. The first-order chi connectivity index (χ1) is 13.5. The number of thioether (sulfide) groups is 1. The van der Waals surface area contributed by atoms with E-state index in [0.717, 1.165) is 10.4 Å². The number of benzene rings is 1. The van der Waals surface area contributed by atoms with Gasteiger partial charge in [-0.1, -0.05) is 54.2 Å². The van der Waals surface area contributed by atoms with E-state index < -0.39 is 5.25 Å². The van der Waals surface area contributed by atoms with Crippen molar-refractivity contribution in [3.05, 3.63) is 72.1 Å². The highest BCUT2D eigenvalue weighted by Crippen LogP contribution is 2.32. The molecular weight excluding hydrogens is 390 g/mol. The van der Waals surface area contributed by atoms with Crippen molar-refractivity contribution in [1.29, 1.82) is 0 Å². The lowest BCUT2D eigenvalue weighted by Gasteiger charge is -2.14. The van der Waals surface area contributed by atoms with E-state index in [9.17, 15) is 9.59 Å². The average Bonchev–Trinajstić information content (AvgIpc) is 3.14. The van der Waals surface area contributed by atoms with Gasteiger partial charge in [0, 0.05) is 18.0 Å². The Morgan fingerprint density at radius 1 is 1.32 bits per heavy atom. The molecule has 1 N–H and O–H groups in total. The molecule has 0 unspecified atom stereocenters. The van der Waals surface area contributed by atoms with Crippen molar-refractivity contribution >= 4 is 39.2 Å². The van der Waals surface area contributed by atoms with Crippen LogP contribution in [0.3, 0.4) is 0 Å². The quantitative estimate of drug-likeness (QED) is 0.344. The third-order valence-electron chi connectivity index (χ3n) is 4.06. The number of nitrogens with zero attached hydrogens (tertiary/aromatic N) is 2. The van der Waals surface area contributed by atoms with Crippen LogP contribution in [0.5, 0.6) is 0 Å². The Bertz CT molecular complexity index is 1070. The molecule has 1 amide bonds. The van der Waals surface area contributed by atoms with Crippen molar-refractivity contribution in [2.24, 2.45) is 0 Å². The van der Waals surface area contributed by atoms with Crippen LogP contribution in [-0.4, -0.2) is 27.3 Å². The molecule has 2 aromatic heterocycles. The summed E-state index contributed by atoms with van der Waals surface area (Å²) in [5.41, 5.74) is 0.927. The van der Waals surface area contributed by atoms with Gasteiger partial charge in [-0.2, -0.15) is 0 Å². The Morgan fingerprint density at radius 3 is 2.75 bits per heavy atom. The Morgan fingerprint density at radius 2 is 2.07 bits per heavy atom. The Labute approximate surface area is 171 Å². The fraction of sp³-hybridized carbons (Fsp3) is 0.190. The second-order valence-electron chi connectivity index (χ2n) is 6.09. The van der Waals surface area contributed by atoms with E-state index in [-0.39, 0.29) is 11.5 Å². The molecule has 0 aliphatic heterocycles. The van der Waals surface area contributed by atoms with Gasteiger partial charge in [0.05, 0.1) is 10.6 Å². The van der Waals surface area contributed by atoms with Gasteiger partial charge in [0.15, 0.2) is 5.16 Å². The second-order valence-corrected chi connectivity index (χ2v) is 8.43. The number of aromatic nitrogens is 2. The molecule has 0 saturated heterocycles. The van der Waals surface area contributed by atoms with Gasteiger partial charge < -0.3 is 5.32 Å². The van der Waals surface area contributed by atoms with E-state index >= 15 is 0 Å². The number of amides is 1. The van der Waals surface area contributed by atoms with E-state index in [0.29, 0.717) is 28.5 Å². The van der Waals surface area contributed by atoms with Crippen LogP contribution in [0, 0.1) is 0 Å². The van der Waals surface area contributed by atoms with E-state index in [1.807, 2.05) is 36.4 Å². The van der Waals surface area contributed by atoms with E-state index in [1.165, 1.54) is 23.1 Å². The standard InChI is InChI=1S/C21H21N3O2S2/c1-4-11-22-18(25)14(3)27-21-23-19-16(20(26)24(21)12-5-2)13-17(28-19)15-9-7-6-8-10-15/h4-10,13-14H,1-2,11-12H2,3H3,(H,22,25)/t14-/m0/s1. The lowest BCUT2D eigenvalue weighted by molar-refractivity contribution is -0.120. The number of nitrogens with one attached hydrogen (secondary N) is 1. The van der Waals surface area contributed by atoms with Crippen molar-refractivity contribution in [2.45, 2.75) is 23.9 Å². The zero-order chi connectivity index (χ0) is 20.1. The molecule has 0 aliphatic rings. The molecule has 0 bridgehead atoms. The Kier molecular flexibility index (Phi) is 6.49. The molecular formula is C21H21N3O2S2. The lowest BCUT2D eigenvalue weighted by atomic mass is 10.2. The lowest BCUT2D eigenvalue weighted by Crippen LogP contribution is -2.32. The van der Waals surface area contributed by atoms with Gasteiger partial charge in [0.25, 0.3) is 5.56 Å². The maximum absolute atomic E-state index is 13.1. The van der Waals surface area contributed by atoms with Crippen molar-refractivity contribution in [2.75, 3.05) is 6.54 Å². The normalized spacial score (nSPS) is 11.9. The van der Waals surface area contributed by atoms with E-state index in [4.69, 9.17) is 4.98 Å². The number of carbonyl (C=O) groups excluding carboxylic acids is 1. The summed E-state index contributed by atoms with van der Waals surface area (Å²) in [5.74, 6) is -0.124. The molecule has 3 aromatic rings. The minimum Gasteiger partial charge on any atom is -0.352 e. The van der Waals surface area contributed by atoms with Gasteiger partial charge >= 0.3 is 0 Å². The van der Waals surface area contributed by atoms with Crippen LogP contribution in [0.15, 0.2) is 71.7 Å². The summed E-state index contributed by atoms with van der Waals surface area (Å²) >= 11 is 2.74. The second kappa shape index (κ2) is 9.03. The molecule has 0 fully saturated rings. The van der Waals surface area contributed by atoms with Gasteiger partial charge in [-0.25, -0.2) is 4.98 Å². The van der Waals surface area contributed by atoms with Crippen LogP contribution in [-0.2, 0) is 11.3 Å². The van der Waals surface area contributed by atoms with E-state index in [1.54, 1.807) is 23.6 Å². The first kappa shape index (κ1) is 20.1. The Balaban J connectivity index is 2.02. The highest BCUT2D eigenvalue weighted by Gasteiger charge is 2.20. The molecule has 5 nitrogen and oxygen atoms in total. The molecule has 0 radical (unpaired) electrons. The average molecular weight is 412 g/mol. The zero-order valence-electron chi connectivity index (χ0n) is 15.6. The van der Waals surface area contributed by atoms with Crippen molar-refractivity contribution in [3.8, 4) is 10.4 Å². The van der Waals surface area contributed by atoms with Crippen LogP contribution in [0.2, 0.25) is 0 Å². The molecule has 0 aliphatic carbocycles. The number of hydrogen-bond donors (Lipinski definition) is 1. The number of thiophene rings is 1. The molecule has 144 valence electrons. The van der Waals surface area contributed by atoms with Gasteiger partial charge in [-0.05, 0) is 18.6 Å². The van der Waals surface area contributed by atoms with Crippen LogP contribution in [0.25, 0.3) is 20.7 Å². The molecule has 0 spiro atoms. The predicted octanol–water partition coefficient (Wildman–Crippen LogP) is 4.09. The van der Waals surface area contributed by atoms with Crippen LogP contribution in [0.4, 0.5) is 0 Å². The molecule has 7 heteroatoms. The van der Waals surface area contributed by atoms with E-state index in [2.05, 4.69) is 18.5 Å². The first-order valence-electron chi connectivity index (χ1n) is 8.81. The maximum Gasteiger partial charge on any atom is 0.263 e. The molecule has 0 saturated carbocycles. The number of rotatable bonds is 8. The summed E-state index contributed by atoms with van der Waals surface area (Å²) < 4.78 is 1.57. The highest BCUT2D eigenvalue weighted by atomic mass is 32.2.